The molecule has 6 rings (SSSR count). The Labute approximate surface area is 298 Å². The molecular weight excluding hydrogens is 644 g/mol. The molecule has 5 fully saturated rings. The van der Waals surface area contributed by atoms with Gasteiger partial charge in [0, 0.05) is 0 Å². The maximum absolute atomic E-state index is 11.1. The first-order valence-corrected chi connectivity index (χ1v) is 19.7. The highest BCUT2D eigenvalue weighted by Gasteiger charge is 2.59. The van der Waals surface area contributed by atoms with Gasteiger partial charge in [0.2, 0.25) is 0 Å². The summed E-state index contributed by atoms with van der Waals surface area (Å²) < 4.78 is 23.4. The van der Waals surface area contributed by atoms with Gasteiger partial charge in [-0.2, -0.15) is 0 Å². The number of hydrogen-bond acceptors (Lipinski definition) is 11. The number of aliphatic hydroxyl groups is 7. The van der Waals surface area contributed by atoms with Crippen molar-refractivity contribution in [2.75, 3.05) is 13.2 Å². The Hall–Kier alpha value is -0.700. The minimum absolute atomic E-state index is 0.120. The second-order valence-electron chi connectivity index (χ2n) is 17.8. The van der Waals surface area contributed by atoms with Crippen LogP contribution in [-0.2, 0) is 18.9 Å². The molecule has 0 unspecified atom stereocenters. The van der Waals surface area contributed by atoms with Crippen molar-refractivity contribution >= 4 is 0 Å². The minimum Gasteiger partial charge on any atom is -0.394 e. The molecule has 2 aliphatic heterocycles. The largest absolute Gasteiger partial charge is 0.394 e. The Morgan fingerprint density at radius 1 is 0.760 bits per heavy atom. The summed E-state index contributed by atoms with van der Waals surface area (Å²) in [6, 6.07) is 0. The van der Waals surface area contributed by atoms with E-state index in [1.54, 1.807) is 0 Å². The normalized spacial score (nSPS) is 49.9. The predicted octanol–water partition coefficient (Wildman–Crippen LogP) is 3.04. The number of rotatable bonds is 11. The van der Waals surface area contributed by atoms with Crippen LogP contribution >= 0.6 is 0 Å². The van der Waals surface area contributed by atoms with Crippen LogP contribution in [0.2, 0.25) is 0 Å². The van der Waals surface area contributed by atoms with E-state index >= 15 is 0 Å². The maximum atomic E-state index is 11.1. The Morgan fingerprint density at radius 3 is 2.14 bits per heavy atom. The fourth-order valence-electron chi connectivity index (χ4n) is 11.6. The average Bonchev–Trinajstić information content (AvgIpc) is 3.45. The smallest absolute Gasteiger partial charge is 0.187 e. The average molecular weight is 711 g/mol. The molecule has 0 bridgehead atoms. The second-order valence-corrected chi connectivity index (χ2v) is 17.8. The molecule has 18 atom stereocenters. The van der Waals surface area contributed by atoms with E-state index in [-0.39, 0.29) is 11.5 Å². The lowest BCUT2D eigenvalue weighted by Crippen LogP contribution is -2.65. The first kappa shape index (κ1) is 39.0. The Morgan fingerprint density at radius 2 is 1.44 bits per heavy atom. The Kier molecular flexibility index (Phi) is 12.1. The van der Waals surface area contributed by atoms with E-state index in [1.807, 2.05) is 0 Å². The van der Waals surface area contributed by atoms with E-state index in [4.69, 9.17) is 18.9 Å². The van der Waals surface area contributed by atoms with Crippen molar-refractivity contribution in [1.29, 1.82) is 0 Å². The molecular formula is C39H66O11. The van der Waals surface area contributed by atoms with Crippen molar-refractivity contribution in [3.05, 3.63) is 11.6 Å². The van der Waals surface area contributed by atoms with Gasteiger partial charge < -0.3 is 54.7 Å². The molecule has 11 heteroatoms. The molecule has 0 aromatic heterocycles. The van der Waals surface area contributed by atoms with Gasteiger partial charge in [-0.25, -0.2) is 0 Å². The van der Waals surface area contributed by atoms with Crippen molar-refractivity contribution in [3.8, 4) is 0 Å². The molecule has 11 nitrogen and oxygen atoms in total. The van der Waals surface area contributed by atoms with Gasteiger partial charge in [0.1, 0.15) is 48.8 Å². The summed E-state index contributed by atoms with van der Waals surface area (Å²) >= 11 is 0. The lowest BCUT2D eigenvalue weighted by Gasteiger charge is -2.58. The van der Waals surface area contributed by atoms with Crippen LogP contribution in [0.4, 0.5) is 0 Å². The maximum Gasteiger partial charge on any atom is 0.187 e. The van der Waals surface area contributed by atoms with Gasteiger partial charge in [0.15, 0.2) is 12.6 Å². The SMILES string of the molecule is CC(C)CCC[C@@H](C)[C@H]1CC[C@H]2[C@@H]3CC=C4C[C@@H](O[C@@H]5O[C@H](CO)[C@@H](O[C@@H]6O[C@H](CO)[C@H](O)[C@H](O)[C@H]6O)[C@H](O)[C@H]5O)CC[C@]4(C)[C@H]3CC[C@]12C. The van der Waals surface area contributed by atoms with Crippen LogP contribution in [0.1, 0.15) is 105 Å². The van der Waals surface area contributed by atoms with Gasteiger partial charge in [-0.15, -0.1) is 0 Å². The van der Waals surface area contributed by atoms with E-state index in [2.05, 4.69) is 40.7 Å². The van der Waals surface area contributed by atoms with E-state index in [9.17, 15) is 35.7 Å². The molecule has 0 aromatic carbocycles. The van der Waals surface area contributed by atoms with Crippen LogP contribution in [0.3, 0.4) is 0 Å². The van der Waals surface area contributed by atoms with Crippen molar-refractivity contribution < 1.29 is 54.7 Å². The van der Waals surface area contributed by atoms with Crippen LogP contribution in [-0.4, -0.2) is 116 Å². The Bertz CT molecular complexity index is 1160. The molecule has 50 heavy (non-hydrogen) atoms. The van der Waals surface area contributed by atoms with Gasteiger partial charge >= 0.3 is 0 Å². The number of hydrogen-bond donors (Lipinski definition) is 7. The molecule has 4 aliphatic carbocycles. The predicted molar refractivity (Wildman–Crippen MR) is 184 cm³/mol. The third-order valence-corrected chi connectivity index (χ3v) is 14.5. The van der Waals surface area contributed by atoms with Crippen LogP contribution in [0.15, 0.2) is 11.6 Å². The second kappa shape index (κ2) is 15.6. The molecule has 6 aliphatic rings. The molecule has 0 radical (unpaired) electrons. The molecule has 0 amide bonds. The first-order chi connectivity index (χ1) is 23.7. The van der Waals surface area contributed by atoms with Crippen molar-refractivity contribution in [1.82, 2.24) is 0 Å². The topological polar surface area (TPSA) is 179 Å². The van der Waals surface area contributed by atoms with Crippen LogP contribution < -0.4 is 0 Å². The monoisotopic (exact) mass is 710 g/mol. The zero-order valence-electron chi connectivity index (χ0n) is 30.8. The van der Waals surface area contributed by atoms with Crippen LogP contribution in [0.5, 0.6) is 0 Å². The highest BCUT2D eigenvalue weighted by molar-refractivity contribution is 5.25. The number of allylic oxidation sites excluding steroid dienone is 1. The van der Waals surface area contributed by atoms with Crippen molar-refractivity contribution in [2.45, 2.75) is 173 Å². The highest BCUT2D eigenvalue weighted by Crippen LogP contribution is 2.67. The summed E-state index contributed by atoms with van der Waals surface area (Å²) in [7, 11) is 0. The quantitative estimate of drug-likeness (QED) is 0.157. The van der Waals surface area contributed by atoms with Crippen molar-refractivity contribution in [2.24, 2.45) is 46.3 Å². The Balaban J connectivity index is 1.07. The van der Waals surface area contributed by atoms with Crippen LogP contribution in [0.25, 0.3) is 0 Å². The molecule has 0 spiro atoms. The third-order valence-electron chi connectivity index (χ3n) is 14.5. The minimum atomic E-state index is -1.71. The molecule has 3 saturated carbocycles. The van der Waals surface area contributed by atoms with Crippen molar-refractivity contribution in [3.63, 3.8) is 0 Å². The number of ether oxygens (including phenoxy) is 4. The van der Waals surface area contributed by atoms with E-state index in [0.717, 1.165) is 55.3 Å². The zero-order chi connectivity index (χ0) is 36.1. The summed E-state index contributed by atoms with van der Waals surface area (Å²) in [6.07, 6.45) is 0.703. The fourth-order valence-corrected chi connectivity index (χ4v) is 11.6. The molecule has 2 saturated heterocycles. The summed E-state index contributed by atoms with van der Waals surface area (Å²) in [5, 5.41) is 72.6. The molecule has 2 heterocycles. The van der Waals surface area contributed by atoms with Gasteiger partial charge in [-0.3, -0.25) is 0 Å². The zero-order valence-corrected chi connectivity index (χ0v) is 30.8. The van der Waals surface area contributed by atoms with Crippen LogP contribution in [0, 0.1) is 46.3 Å². The third kappa shape index (κ3) is 7.12. The van der Waals surface area contributed by atoms with E-state index < -0.39 is 74.6 Å². The van der Waals surface area contributed by atoms with Gasteiger partial charge in [0.25, 0.3) is 0 Å². The summed E-state index contributed by atoms with van der Waals surface area (Å²) in [5.41, 5.74) is 1.99. The summed E-state index contributed by atoms with van der Waals surface area (Å²) in [6.45, 7) is 11.0. The lowest BCUT2D eigenvalue weighted by atomic mass is 9.47. The van der Waals surface area contributed by atoms with E-state index in [0.29, 0.717) is 11.3 Å². The highest BCUT2D eigenvalue weighted by atomic mass is 16.7. The van der Waals surface area contributed by atoms with E-state index in [1.165, 1.54) is 50.5 Å². The molecule has 0 aromatic rings. The lowest BCUT2D eigenvalue weighted by molar-refractivity contribution is -0.363. The number of aliphatic hydroxyl groups excluding tert-OH is 7. The standard InChI is InChI=1S/C39H66O11/c1-20(2)7-6-8-21(3)25-11-12-26-24-10-9-22-17-23(13-15-38(22,4)27(24)14-16-39(25,26)5)47-36-34(46)32(44)35(29(19-41)49-36)50-37-33(45)31(43)30(42)28(18-40)48-37/h9,20-21,23-37,40-46H,6-8,10-19H2,1-5H3/t21-,23+,24+,25-,26+,27+,28-,29-,30+,31+,32-,33-,34-,35-,36-,37+,38+,39-/m1/s1. The fraction of sp³-hybridized carbons (Fsp3) is 0.949. The summed E-state index contributed by atoms with van der Waals surface area (Å²) in [5.74, 6) is 4.55. The first-order valence-electron chi connectivity index (χ1n) is 19.7. The van der Waals surface area contributed by atoms with Gasteiger partial charge in [-0.05, 0) is 97.7 Å². The summed E-state index contributed by atoms with van der Waals surface area (Å²) in [4.78, 5) is 0. The van der Waals surface area contributed by atoms with Gasteiger partial charge in [0.05, 0.1) is 19.3 Å². The number of fused-ring (bicyclic) bond motifs is 5. The van der Waals surface area contributed by atoms with Gasteiger partial charge in [-0.1, -0.05) is 65.5 Å². The molecule has 288 valence electrons. The molecule has 7 N–H and O–H groups in total.